The van der Waals surface area contributed by atoms with Crippen molar-refractivity contribution in [3.8, 4) is 0 Å². The van der Waals surface area contributed by atoms with Crippen molar-refractivity contribution >= 4 is 38.9 Å². The van der Waals surface area contributed by atoms with Gasteiger partial charge in [0, 0.05) is 25.2 Å². The summed E-state index contributed by atoms with van der Waals surface area (Å²) in [4.78, 5) is 24.5. The maximum atomic E-state index is 14.7. The van der Waals surface area contributed by atoms with Gasteiger partial charge in [-0.25, -0.2) is 12.8 Å². The lowest BCUT2D eigenvalue weighted by molar-refractivity contribution is -0.385. The van der Waals surface area contributed by atoms with Gasteiger partial charge < -0.3 is 4.90 Å². The van der Waals surface area contributed by atoms with Crippen LogP contribution in [0.25, 0.3) is 0 Å². The summed E-state index contributed by atoms with van der Waals surface area (Å²) in [5.41, 5.74) is -0.839. The van der Waals surface area contributed by atoms with Crippen LogP contribution in [-0.4, -0.2) is 43.3 Å². The zero-order valence-electron chi connectivity index (χ0n) is 16.7. The maximum absolute atomic E-state index is 14.7. The maximum Gasteiger partial charge on any atom is 0.270 e. The van der Waals surface area contributed by atoms with Crippen molar-refractivity contribution in [1.82, 2.24) is 4.90 Å². The fourth-order valence-electron chi connectivity index (χ4n) is 3.56. The zero-order chi connectivity index (χ0) is 22.8. The third-order valence-electron chi connectivity index (χ3n) is 5.13. The average molecular weight is 470 g/mol. The highest BCUT2D eigenvalue weighted by molar-refractivity contribution is 7.93. The Morgan fingerprint density at radius 3 is 2.45 bits per heavy atom. The molecule has 8 nitrogen and oxygen atoms in total. The van der Waals surface area contributed by atoms with Gasteiger partial charge in [0.1, 0.15) is 16.8 Å². The number of piperidine rings is 1. The molecule has 1 heterocycles. The molecule has 0 aromatic heterocycles. The second kappa shape index (κ2) is 9.19. The molecule has 1 saturated heterocycles. The number of anilines is 1. The number of nitro groups is 1. The topological polar surface area (TPSA) is 101 Å². The van der Waals surface area contributed by atoms with Gasteiger partial charge in [-0.05, 0) is 44.4 Å². The summed E-state index contributed by atoms with van der Waals surface area (Å²) < 4.78 is 42.5. The zero-order valence-corrected chi connectivity index (χ0v) is 18.3. The van der Waals surface area contributed by atoms with Gasteiger partial charge in [0.15, 0.2) is 0 Å². The molecular weight excluding hydrogens is 449 g/mol. The first-order valence-electron chi connectivity index (χ1n) is 9.66. The Morgan fingerprint density at radius 1 is 1.19 bits per heavy atom. The predicted molar refractivity (Wildman–Crippen MR) is 114 cm³/mol. The summed E-state index contributed by atoms with van der Waals surface area (Å²) in [7, 11) is -4.64. The minimum absolute atomic E-state index is 0.274. The van der Waals surface area contributed by atoms with E-state index in [1.54, 1.807) is 4.90 Å². The number of nitro benzene ring substituents is 1. The first-order valence-corrected chi connectivity index (χ1v) is 11.5. The number of nitrogens with zero attached hydrogens (tertiary/aromatic N) is 3. The van der Waals surface area contributed by atoms with E-state index in [1.807, 2.05) is 0 Å². The Morgan fingerprint density at radius 2 is 1.84 bits per heavy atom. The molecule has 0 saturated carbocycles. The van der Waals surface area contributed by atoms with Crippen molar-refractivity contribution in [3.05, 3.63) is 63.4 Å². The van der Waals surface area contributed by atoms with Gasteiger partial charge in [-0.15, -0.1) is 0 Å². The first-order chi connectivity index (χ1) is 14.6. The second-order valence-corrected chi connectivity index (χ2v) is 9.38. The molecule has 0 radical (unpaired) electrons. The first kappa shape index (κ1) is 23.0. The van der Waals surface area contributed by atoms with E-state index in [9.17, 15) is 27.7 Å². The summed E-state index contributed by atoms with van der Waals surface area (Å²) in [6.45, 7) is 2.32. The average Bonchev–Trinajstić information content (AvgIpc) is 2.75. The summed E-state index contributed by atoms with van der Waals surface area (Å²) in [6, 6.07) is 6.80. The molecule has 1 unspecified atom stereocenters. The van der Waals surface area contributed by atoms with Crippen LogP contribution in [0, 0.1) is 15.9 Å². The van der Waals surface area contributed by atoms with Crippen LogP contribution in [0.15, 0.2) is 47.4 Å². The van der Waals surface area contributed by atoms with Crippen molar-refractivity contribution in [2.75, 3.05) is 17.4 Å². The van der Waals surface area contributed by atoms with E-state index < -0.39 is 43.3 Å². The minimum Gasteiger partial charge on any atom is -0.341 e. The highest BCUT2D eigenvalue weighted by Gasteiger charge is 2.38. The lowest BCUT2D eigenvalue weighted by Crippen LogP contribution is -2.51. The number of amides is 1. The molecule has 3 rings (SSSR count). The van der Waals surface area contributed by atoms with Gasteiger partial charge in [0.2, 0.25) is 5.91 Å². The largest absolute Gasteiger partial charge is 0.341 e. The van der Waals surface area contributed by atoms with Crippen molar-refractivity contribution in [1.29, 1.82) is 0 Å². The number of sulfonamides is 1. The molecule has 1 aliphatic rings. The van der Waals surface area contributed by atoms with Gasteiger partial charge in [-0.2, -0.15) is 0 Å². The molecule has 0 aliphatic carbocycles. The smallest absolute Gasteiger partial charge is 0.270 e. The van der Waals surface area contributed by atoms with Crippen LogP contribution in [0.1, 0.15) is 26.2 Å². The minimum atomic E-state index is -4.64. The van der Waals surface area contributed by atoms with Gasteiger partial charge in [0.25, 0.3) is 15.7 Å². The predicted octanol–water partition coefficient (Wildman–Crippen LogP) is 3.98. The van der Waals surface area contributed by atoms with E-state index in [2.05, 4.69) is 0 Å². The normalized spacial score (nSPS) is 15.4. The van der Waals surface area contributed by atoms with Crippen LogP contribution < -0.4 is 4.31 Å². The molecule has 2 aromatic rings. The SMILES string of the molecule is CC(C(=O)N1CCCCC1)N(c1ccccc1F)S(=O)(=O)c1cc([N+](=O)[O-])ccc1Cl. The van der Waals surface area contributed by atoms with E-state index in [4.69, 9.17) is 11.6 Å². The van der Waals surface area contributed by atoms with Crippen LogP contribution >= 0.6 is 11.6 Å². The molecular formula is C20H21ClFN3O5S. The number of benzene rings is 2. The van der Waals surface area contributed by atoms with Crippen molar-refractivity contribution < 1.29 is 22.5 Å². The van der Waals surface area contributed by atoms with Crippen LogP contribution in [0.5, 0.6) is 0 Å². The van der Waals surface area contributed by atoms with Gasteiger partial charge >= 0.3 is 0 Å². The highest BCUT2D eigenvalue weighted by Crippen LogP contribution is 2.34. The Bertz CT molecular complexity index is 1110. The fraction of sp³-hybridized carbons (Fsp3) is 0.350. The van der Waals surface area contributed by atoms with E-state index in [1.165, 1.54) is 25.1 Å². The van der Waals surface area contributed by atoms with Crippen molar-refractivity contribution in [2.45, 2.75) is 37.1 Å². The molecule has 0 N–H and O–H groups in total. The molecule has 31 heavy (non-hydrogen) atoms. The van der Waals surface area contributed by atoms with E-state index in [-0.39, 0.29) is 10.7 Å². The second-order valence-electron chi connectivity index (χ2n) is 7.19. The number of carbonyl (C=O) groups excluding carboxylic acids is 1. The lowest BCUT2D eigenvalue weighted by atomic mass is 10.1. The number of halogens is 2. The number of hydrogen-bond acceptors (Lipinski definition) is 5. The molecule has 2 aromatic carbocycles. The third kappa shape index (κ3) is 4.64. The Hall–Kier alpha value is -2.72. The standard InChI is InChI=1S/C20H21ClFN3O5S/c1-14(20(26)23-11-5-2-6-12-23)24(18-8-4-3-7-17(18)22)31(29,30)19-13-15(25(27)28)9-10-16(19)21/h3-4,7-10,13-14H,2,5-6,11-12H2,1H3. The molecule has 1 aliphatic heterocycles. The number of hydrogen-bond donors (Lipinski definition) is 0. The number of rotatable bonds is 6. The summed E-state index contributed by atoms with van der Waals surface area (Å²) in [5, 5.41) is 10.9. The number of para-hydroxylation sites is 1. The van der Waals surface area contributed by atoms with Crippen molar-refractivity contribution in [2.24, 2.45) is 0 Å². The van der Waals surface area contributed by atoms with Gasteiger partial charge in [-0.3, -0.25) is 19.2 Å². The summed E-state index contributed by atoms with van der Waals surface area (Å²) in [5.74, 6) is -1.33. The number of carbonyl (C=O) groups is 1. The van der Waals surface area contributed by atoms with Gasteiger partial charge in [0.05, 0.1) is 15.6 Å². The molecule has 0 bridgehead atoms. The summed E-state index contributed by atoms with van der Waals surface area (Å²) >= 11 is 6.07. The van der Waals surface area contributed by atoms with Crippen LogP contribution in [0.2, 0.25) is 5.02 Å². The van der Waals surface area contributed by atoms with Crippen LogP contribution in [-0.2, 0) is 14.8 Å². The van der Waals surface area contributed by atoms with Crippen LogP contribution in [0.3, 0.4) is 0 Å². The Kier molecular flexibility index (Phi) is 6.80. The van der Waals surface area contributed by atoms with E-state index >= 15 is 0 Å². The van der Waals surface area contributed by atoms with E-state index in [0.717, 1.165) is 43.5 Å². The number of non-ortho nitro benzene ring substituents is 1. The third-order valence-corrected chi connectivity index (χ3v) is 7.50. The monoisotopic (exact) mass is 469 g/mol. The highest BCUT2D eigenvalue weighted by atomic mass is 35.5. The Balaban J connectivity index is 2.14. The molecule has 11 heteroatoms. The van der Waals surface area contributed by atoms with Crippen molar-refractivity contribution in [3.63, 3.8) is 0 Å². The quantitative estimate of drug-likeness (QED) is 0.470. The lowest BCUT2D eigenvalue weighted by Gasteiger charge is -2.35. The van der Waals surface area contributed by atoms with Crippen LogP contribution in [0.4, 0.5) is 15.8 Å². The molecule has 1 atom stereocenters. The summed E-state index contributed by atoms with van der Waals surface area (Å²) in [6.07, 6.45) is 2.56. The Labute approximate surface area is 184 Å². The molecule has 0 spiro atoms. The van der Waals surface area contributed by atoms with Gasteiger partial charge in [-0.1, -0.05) is 23.7 Å². The number of likely N-dealkylation sites (tertiary alicyclic amines) is 1. The molecule has 166 valence electrons. The molecule has 1 fully saturated rings. The van der Waals surface area contributed by atoms with E-state index in [0.29, 0.717) is 17.4 Å². The fourth-order valence-corrected chi connectivity index (χ4v) is 5.68. The molecule has 1 amide bonds.